The predicted octanol–water partition coefficient (Wildman–Crippen LogP) is 2.06. The highest BCUT2D eigenvalue weighted by atomic mass is 32.2. The van der Waals surface area contributed by atoms with E-state index in [1.54, 1.807) is 12.1 Å². The molecule has 4 heteroatoms. The molecule has 0 bridgehead atoms. The van der Waals surface area contributed by atoms with Crippen LogP contribution in [-0.4, -0.2) is 5.24 Å². The molecule has 0 aliphatic heterocycles. The van der Waals surface area contributed by atoms with Gasteiger partial charge in [0, 0.05) is 0 Å². The van der Waals surface area contributed by atoms with Crippen LogP contribution >= 0.6 is 11.8 Å². The van der Waals surface area contributed by atoms with E-state index in [4.69, 9.17) is 11.0 Å². The molecular weight excluding hydrogens is 184 g/mol. The Bertz CT molecular complexity index is 331. The molecule has 1 rings (SSSR count). The normalized spacial score (nSPS) is 11.6. The van der Waals surface area contributed by atoms with Gasteiger partial charge in [-0.25, -0.2) is 0 Å². The fourth-order valence-corrected chi connectivity index (χ4v) is 1.49. The number of hydrogen-bond donors (Lipinski definition) is 1. The van der Waals surface area contributed by atoms with Crippen molar-refractivity contribution >= 4 is 17.0 Å². The van der Waals surface area contributed by atoms with E-state index in [-0.39, 0.29) is 0 Å². The van der Waals surface area contributed by atoms with E-state index >= 15 is 0 Å². The number of amides is 1. The molecule has 0 fully saturated rings. The van der Waals surface area contributed by atoms with E-state index in [0.29, 0.717) is 0 Å². The number of primary amides is 1. The van der Waals surface area contributed by atoms with Crippen molar-refractivity contribution in [3.05, 3.63) is 35.9 Å². The third-order valence-corrected chi connectivity index (χ3v) is 2.30. The molecule has 1 amide bonds. The summed E-state index contributed by atoms with van der Waals surface area (Å²) in [5.74, 6) is 0. The first kappa shape index (κ1) is 9.62. The number of nitrogens with zero attached hydrogens (tertiary/aromatic N) is 1. The molecule has 0 saturated carbocycles. The van der Waals surface area contributed by atoms with Gasteiger partial charge >= 0.3 is 0 Å². The van der Waals surface area contributed by atoms with Crippen LogP contribution in [0.4, 0.5) is 4.79 Å². The summed E-state index contributed by atoms with van der Waals surface area (Å²) < 4.78 is 0. The van der Waals surface area contributed by atoms with Gasteiger partial charge in [-0.2, -0.15) is 5.26 Å². The zero-order valence-corrected chi connectivity index (χ0v) is 7.62. The maximum atomic E-state index is 10.6. The van der Waals surface area contributed by atoms with Gasteiger partial charge in [-0.3, -0.25) is 4.79 Å². The minimum absolute atomic E-state index is 0.501. The molecule has 0 radical (unpaired) electrons. The van der Waals surface area contributed by atoms with Crippen molar-refractivity contribution in [2.75, 3.05) is 0 Å². The fraction of sp³-hybridized carbons (Fsp3) is 0.111. The Morgan fingerprint density at radius 3 is 2.54 bits per heavy atom. The molecule has 1 unspecified atom stereocenters. The van der Waals surface area contributed by atoms with Crippen molar-refractivity contribution in [1.82, 2.24) is 0 Å². The monoisotopic (exact) mass is 192 g/mol. The number of rotatable bonds is 2. The van der Waals surface area contributed by atoms with Crippen molar-refractivity contribution in [3.8, 4) is 6.07 Å². The van der Waals surface area contributed by atoms with Crippen LogP contribution in [0.2, 0.25) is 0 Å². The number of carbonyl (C=O) groups excluding carboxylic acids is 1. The predicted molar refractivity (Wildman–Crippen MR) is 52.0 cm³/mol. The third-order valence-electron chi connectivity index (χ3n) is 1.45. The van der Waals surface area contributed by atoms with Crippen molar-refractivity contribution in [2.24, 2.45) is 5.73 Å². The molecule has 13 heavy (non-hydrogen) atoms. The van der Waals surface area contributed by atoms with Crippen LogP contribution in [0.1, 0.15) is 10.8 Å². The number of nitriles is 1. The van der Waals surface area contributed by atoms with Crippen LogP contribution < -0.4 is 5.73 Å². The number of hydrogen-bond acceptors (Lipinski definition) is 3. The molecule has 1 atom stereocenters. The van der Waals surface area contributed by atoms with Gasteiger partial charge in [-0.05, 0) is 17.3 Å². The first-order chi connectivity index (χ1) is 6.24. The molecule has 2 N–H and O–H groups in total. The summed E-state index contributed by atoms with van der Waals surface area (Å²) in [4.78, 5) is 10.6. The van der Waals surface area contributed by atoms with Crippen molar-refractivity contribution in [1.29, 1.82) is 5.26 Å². The molecule has 0 heterocycles. The van der Waals surface area contributed by atoms with Gasteiger partial charge in [0.1, 0.15) is 5.25 Å². The highest BCUT2D eigenvalue weighted by Gasteiger charge is 2.13. The van der Waals surface area contributed by atoms with Gasteiger partial charge in [-0.1, -0.05) is 30.3 Å². The van der Waals surface area contributed by atoms with E-state index in [1.165, 1.54) is 0 Å². The van der Waals surface area contributed by atoms with Gasteiger partial charge in [0.05, 0.1) is 6.07 Å². The smallest absolute Gasteiger partial charge is 0.278 e. The lowest BCUT2D eigenvalue weighted by Crippen LogP contribution is -2.05. The van der Waals surface area contributed by atoms with Gasteiger partial charge < -0.3 is 5.73 Å². The fourth-order valence-electron chi connectivity index (χ4n) is 0.913. The molecule has 3 nitrogen and oxygen atoms in total. The SMILES string of the molecule is N#CC(SC(N)=O)c1ccccc1. The van der Waals surface area contributed by atoms with Crippen molar-refractivity contribution in [2.45, 2.75) is 5.25 Å². The Balaban J connectivity index is 2.80. The van der Waals surface area contributed by atoms with E-state index in [9.17, 15) is 4.79 Å². The average Bonchev–Trinajstić information content (AvgIpc) is 2.15. The minimum atomic E-state index is -0.532. The Labute approximate surface area is 80.5 Å². The highest BCUT2D eigenvalue weighted by Crippen LogP contribution is 2.27. The number of carbonyl (C=O) groups is 1. The van der Waals surface area contributed by atoms with Crippen LogP contribution in [0.25, 0.3) is 0 Å². The van der Waals surface area contributed by atoms with Crippen LogP contribution in [0.3, 0.4) is 0 Å². The second kappa shape index (κ2) is 4.53. The maximum Gasteiger partial charge on any atom is 0.278 e. The molecule has 0 aromatic heterocycles. The van der Waals surface area contributed by atoms with Gasteiger partial charge in [0.15, 0.2) is 0 Å². The van der Waals surface area contributed by atoms with Crippen LogP contribution in [0.5, 0.6) is 0 Å². The summed E-state index contributed by atoms with van der Waals surface area (Å²) in [5, 5.41) is 7.72. The summed E-state index contributed by atoms with van der Waals surface area (Å²) in [6.45, 7) is 0. The first-order valence-corrected chi connectivity index (χ1v) is 4.52. The summed E-state index contributed by atoms with van der Waals surface area (Å²) in [7, 11) is 0. The van der Waals surface area contributed by atoms with E-state index in [0.717, 1.165) is 17.3 Å². The number of thioether (sulfide) groups is 1. The lowest BCUT2D eigenvalue weighted by atomic mass is 10.2. The molecule has 0 saturated heterocycles. The number of benzene rings is 1. The van der Waals surface area contributed by atoms with Gasteiger partial charge in [0.2, 0.25) is 0 Å². The molecule has 66 valence electrons. The summed E-state index contributed by atoms with van der Waals surface area (Å²) >= 11 is 0.830. The third kappa shape index (κ3) is 2.80. The summed E-state index contributed by atoms with van der Waals surface area (Å²) in [6, 6.07) is 11.1. The molecular formula is C9H8N2OS. The van der Waals surface area contributed by atoms with Gasteiger partial charge in [0.25, 0.3) is 5.24 Å². The topological polar surface area (TPSA) is 66.9 Å². The summed E-state index contributed by atoms with van der Waals surface area (Å²) in [5.41, 5.74) is 5.78. The molecule has 1 aromatic rings. The highest BCUT2D eigenvalue weighted by molar-refractivity contribution is 8.13. The molecule has 1 aromatic carbocycles. The molecule has 0 spiro atoms. The van der Waals surface area contributed by atoms with E-state index < -0.39 is 10.5 Å². The molecule has 0 aliphatic rings. The van der Waals surface area contributed by atoms with Crippen LogP contribution in [0, 0.1) is 11.3 Å². The Kier molecular flexibility index (Phi) is 3.35. The first-order valence-electron chi connectivity index (χ1n) is 3.64. The Morgan fingerprint density at radius 1 is 1.46 bits per heavy atom. The lowest BCUT2D eigenvalue weighted by Gasteiger charge is -2.04. The van der Waals surface area contributed by atoms with Crippen LogP contribution in [-0.2, 0) is 0 Å². The Hall–Kier alpha value is -1.47. The lowest BCUT2D eigenvalue weighted by molar-refractivity contribution is 0.267. The second-order valence-electron chi connectivity index (χ2n) is 2.36. The largest absolute Gasteiger partial charge is 0.360 e. The maximum absolute atomic E-state index is 10.6. The quantitative estimate of drug-likeness (QED) is 0.779. The zero-order valence-electron chi connectivity index (χ0n) is 6.81. The minimum Gasteiger partial charge on any atom is -0.360 e. The van der Waals surface area contributed by atoms with E-state index in [2.05, 4.69) is 0 Å². The number of nitrogens with two attached hydrogens (primary N) is 1. The van der Waals surface area contributed by atoms with Crippen molar-refractivity contribution in [3.63, 3.8) is 0 Å². The van der Waals surface area contributed by atoms with Gasteiger partial charge in [-0.15, -0.1) is 0 Å². The Morgan fingerprint density at radius 2 is 2.08 bits per heavy atom. The zero-order chi connectivity index (χ0) is 9.68. The second-order valence-corrected chi connectivity index (χ2v) is 3.47. The van der Waals surface area contributed by atoms with Crippen molar-refractivity contribution < 1.29 is 4.79 Å². The average molecular weight is 192 g/mol. The standard InChI is InChI=1S/C9H8N2OS/c10-6-8(13-9(11)12)7-4-2-1-3-5-7/h1-5,8H,(H2,11,12). The summed E-state index contributed by atoms with van der Waals surface area (Å²) in [6.07, 6.45) is 0. The van der Waals surface area contributed by atoms with E-state index in [1.807, 2.05) is 24.3 Å². The van der Waals surface area contributed by atoms with Crippen LogP contribution in [0.15, 0.2) is 30.3 Å². The molecule has 0 aliphatic carbocycles.